The molecule has 1 rings (SSSR count). The monoisotopic (exact) mass is 112 g/mol. The summed E-state index contributed by atoms with van der Waals surface area (Å²) in [6.07, 6.45) is 3.21. The molecular weight excluding hydrogens is 104 g/mol. The standard InChI is InChI=1S/C5H8N2O/c1-5-3-4-7(2,8)6-5/h3-4H,1-2H3. The third kappa shape index (κ3) is 0.936. The van der Waals surface area contributed by atoms with Gasteiger partial charge in [-0.15, -0.1) is 0 Å². The van der Waals surface area contributed by atoms with E-state index in [0.29, 0.717) is 0 Å². The van der Waals surface area contributed by atoms with Crippen LogP contribution in [0.5, 0.6) is 0 Å². The van der Waals surface area contributed by atoms with Crippen molar-refractivity contribution in [1.29, 1.82) is 0 Å². The highest BCUT2D eigenvalue weighted by Gasteiger charge is 2.09. The maximum atomic E-state index is 10.8. The number of rotatable bonds is 0. The molecule has 0 aromatic carbocycles. The van der Waals surface area contributed by atoms with Gasteiger partial charge in [-0.3, -0.25) is 0 Å². The summed E-state index contributed by atoms with van der Waals surface area (Å²) in [7, 11) is 1.48. The van der Waals surface area contributed by atoms with E-state index in [2.05, 4.69) is 5.10 Å². The molecule has 8 heavy (non-hydrogen) atoms. The maximum Gasteiger partial charge on any atom is 0.124 e. The summed E-state index contributed by atoms with van der Waals surface area (Å²) >= 11 is 0. The Morgan fingerprint density at radius 2 is 2.38 bits per heavy atom. The van der Waals surface area contributed by atoms with Gasteiger partial charge in [0.15, 0.2) is 0 Å². The Balaban J connectivity index is 2.84. The van der Waals surface area contributed by atoms with Gasteiger partial charge >= 0.3 is 0 Å². The Hall–Kier alpha value is -0.670. The second-order valence-corrected chi connectivity index (χ2v) is 2.00. The van der Waals surface area contributed by atoms with Gasteiger partial charge in [0.25, 0.3) is 0 Å². The number of allylic oxidation sites excluding steroid dienone is 1. The van der Waals surface area contributed by atoms with Crippen molar-refractivity contribution in [2.24, 2.45) is 5.10 Å². The van der Waals surface area contributed by atoms with Crippen LogP contribution in [0.15, 0.2) is 17.4 Å². The summed E-state index contributed by atoms with van der Waals surface area (Å²) in [5.41, 5.74) is 0.794. The van der Waals surface area contributed by atoms with Crippen LogP contribution in [0.4, 0.5) is 0 Å². The van der Waals surface area contributed by atoms with Crippen molar-refractivity contribution in [1.82, 2.24) is 0 Å². The third-order valence-corrected chi connectivity index (χ3v) is 0.949. The average Bonchev–Trinajstić information content (AvgIpc) is 1.82. The van der Waals surface area contributed by atoms with Gasteiger partial charge in [0.2, 0.25) is 0 Å². The van der Waals surface area contributed by atoms with E-state index in [9.17, 15) is 5.21 Å². The quantitative estimate of drug-likeness (QED) is 0.337. The highest BCUT2D eigenvalue weighted by molar-refractivity contribution is 5.92. The van der Waals surface area contributed by atoms with Gasteiger partial charge in [0.1, 0.15) is 6.20 Å². The van der Waals surface area contributed by atoms with Crippen molar-refractivity contribution in [3.8, 4) is 0 Å². The number of hydrogen-bond donors (Lipinski definition) is 0. The molecule has 0 aliphatic carbocycles. The Labute approximate surface area is 48.1 Å². The fraction of sp³-hybridized carbons (Fsp3) is 0.400. The largest absolute Gasteiger partial charge is 0.600 e. The fourth-order valence-electron chi connectivity index (χ4n) is 0.626. The Morgan fingerprint density at radius 1 is 1.75 bits per heavy atom. The zero-order chi connectivity index (χ0) is 6.20. The molecule has 3 heteroatoms. The molecule has 0 saturated heterocycles. The molecule has 0 bridgehead atoms. The normalized spacial score (nSPS) is 35.6. The molecule has 0 radical (unpaired) electrons. The van der Waals surface area contributed by atoms with Gasteiger partial charge in [-0.2, -0.15) is 0 Å². The van der Waals surface area contributed by atoms with Gasteiger partial charge < -0.3 is 5.21 Å². The van der Waals surface area contributed by atoms with Crippen molar-refractivity contribution >= 4 is 5.71 Å². The van der Waals surface area contributed by atoms with Crippen LogP contribution in [0.1, 0.15) is 6.92 Å². The summed E-state index contributed by atoms with van der Waals surface area (Å²) in [5.74, 6) is 0. The van der Waals surface area contributed by atoms with Crippen LogP contribution in [-0.2, 0) is 0 Å². The minimum atomic E-state index is -0.605. The van der Waals surface area contributed by atoms with Crippen LogP contribution in [0.2, 0.25) is 0 Å². The summed E-state index contributed by atoms with van der Waals surface area (Å²) < 4.78 is -0.605. The van der Waals surface area contributed by atoms with E-state index in [1.807, 2.05) is 0 Å². The Bertz CT molecular complexity index is 158. The van der Waals surface area contributed by atoms with E-state index in [-0.39, 0.29) is 0 Å². The third-order valence-electron chi connectivity index (χ3n) is 0.949. The highest BCUT2D eigenvalue weighted by atomic mass is 16.6. The van der Waals surface area contributed by atoms with Crippen LogP contribution < -0.4 is 0 Å². The van der Waals surface area contributed by atoms with Crippen LogP contribution in [0, 0.1) is 5.21 Å². The van der Waals surface area contributed by atoms with Gasteiger partial charge in [-0.1, -0.05) is 5.10 Å². The zero-order valence-electron chi connectivity index (χ0n) is 4.96. The molecular formula is C5H8N2O. The molecule has 0 spiro atoms. The molecule has 1 heterocycles. The molecule has 0 saturated carbocycles. The summed E-state index contributed by atoms with van der Waals surface area (Å²) in [6.45, 7) is 1.80. The van der Waals surface area contributed by atoms with E-state index >= 15 is 0 Å². The predicted molar refractivity (Wildman–Crippen MR) is 31.8 cm³/mol. The topological polar surface area (TPSA) is 35.4 Å². The molecule has 0 aromatic heterocycles. The number of hydrogen-bond acceptors (Lipinski definition) is 2. The first kappa shape index (κ1) is 5.47. The van der Waals surface area contributed by atoms with E-state index in [1.165, 1.54) is 13.2 Å². The number of quaternary nitrogens is 1. The lowest BCUT2D eigenvalue weighted by atomic mass is 10.4. The van der Waals surface area contributed by atoms with E-state index in [1.54, 1.807) is 13.0 Å². The molecule has 3 nitrogen and oxygen atoms in total. The maximum absolute atomic E-state index is 10.8. The van der Waals surface area contributed by atoms with Crippen molar-refractivity contribution in [2.75, 3.05) is 7.05 Å². The number of nitrogens with zero attached hydrogens (tertiary/aromatic N) is 2. The molecule has 0 N–H and O–H groups in total. The van der Waals surface area contributed by atoms with Crippen LogP contribution >= 0.6 is 0 Å². The van der Waals surface area contributed by atoms with Crippen molar-refractivity contribution < 1.29 is 4.76 Å². The van der Waals surface area contributed by atoms with Crippen LogP contribution in [-0.4, -0.2) is 17.5 Å². The zero-order valence-corrected chi connectivity index (χ0v) is 4.96. The van der Waals surface area contributed by atoms with E-state index in [0.717, 1.165) is 5.71 Å². The fourth-order valence-corrected chi connectivity index (χ4v) is 0.626. The van der Waals surface area contributed by atoms with E-state index in [4.69, 9.17) is 0 Å². The lowest BCUT2D eigenvalue weighted by Gasteiger charge is -2.22. The second-order valence-electron chi connectivity index (χ2n) is 2.00. The van der Waals surface area contributed by atoms with Crippen LogP contribution in [0.3, 0.4) is 0 Å². The molecule has 1 unspecified atom stereocenters. The molecule has 0 aromatic rings. The molecule has 0 fully saturated rings. The molecule has 1 aliphatic rings. The summed E-state index contributed by atoms with van der Waals surface area (Å²) in [4.78, 5) is 0. The second kappa shape index (κ2) is 1.40. The first-order chi connectivity index (χ1) is 3.60. The average molecular weight is 112 g/mol. The van der Waals surface area contributed by atoms with Crippen molar-refractivity contribution in [3.05, 3.63) is 17.5 Å². The van der Waals surface area contributed by atoms with Crippen molar-refractivity contribution in [2.45, 2.75) is 6.92 Å². The smallest absolute Gasteiger partial charge is 0.124 e. The van der Waals surface area contributed by atoms with Gasteiger partial charge in [-0.25, -0.2) is 4.76 Å². The molecule has 44 valence electrons. The SMILES string of the molecule is CC1=N[N+](C)([O-])C=C1. The Morgan fingerprint density at radius 3 is 2.50 bits per heavy atom. The lowest BCUT2D eigenvalue weighted by molar-refractivity contribution is -0.811. The molecule has 1 aliphatic heterocycles. The van der Waals surface area contributed by atoms with Gasteiger partial charge in [-0.05, 0) is 6.92 Å². The Kier molecular flexibility index (Phi) is 0.957. The first-order valence-corrected chi connectivity index (χ1v) is 2.43. The first-order valence-electron chi connectivity index (χ1n) is 2.43. The minimum Gasteiger partial charge on any atom is -0.600 e. The van der Waals surface area contributed by atoms with Crippen LogP contribution in [0.25, 0.3) is 0 Å². The molecule has 0 amide bonds. The predicted octanol–water partition coefficient (Wildman–Crippen LogP) is 0.834. The number of hydroxylamine groups is 2. The lowest BCUT2D eigenvalue weighted by Crippen LogP contribution is -2.20. The highest BCUT2D eigenvalue weighted by Crippen LogP contribution is 2.08. The summed E-state index contributed by atoms with van der Waals surface area (Å²) in [6, 6.07) is 0. The summed E-state index contributed by atoms with van der Waals surface area (Å²) in [5, 5.41) is 14.5. The van der Waals surface area contributed by atoms with E-state index < -0.39 is 4.76 Å². The molecule has 1 atom stereocenters. The van der Waals surface area contributed by atoms with Gasteiger partial charge in [0.05, 0.1) is 12.8 Å². The van der Waals surface area contributed by atoms with Crippen molar-refractivity contribution in [3.63, 3.8) is 0 Å². The van der Waals surface area contributed by atoms with Gasteiger partial charge in [0, 0.05) is 6.08 Å². The minimum absolute atomic E-state index is 0.605.